The number of rotatable bonds is 3. The summed E-state index contributed by atoms with van der Waals surface area (Å²) in [6, 6.07) is 13.0. The van der Waals surface area contributed by atoms with E-state index in [2.05, 4.69) is 0 Å². The number of amides is 1. The molecule has 1 fully saturated rings. The van der Waals surface area contributed by atoms with E-state index in [1.54, 1.807) is 4.90 Å². The van der Waals surface area contributed by atoms with Gasteiger partial charge in [0.25, 0.3) is 0 Å². The highest BCUT2D eigenvalue weighted by Gasteiger charge is 2.40. The molecule has 2 heterocycles. The van der Waals surface area contributed by atoms with Gasteiger partial charge in [0.15, 0.2) is 0 Å². The van der Waals surface area contributed by atoms with Crippen molar-refractivity contribution < 1.29 is 18.3 Å². The van der Waals surface area contributed by atoms with Crippen LogP contribution >= 0.6 is 0 Å². The lowest BCUT2D eigenvalue weighted by Crippen LogP contribution is -2.43. The number of hydrogen-bond donors (Lipinski definition) is 0. The number of halogens is 2. The van der Waals surface area contributed by atoms with E-state index in [0.717, 1.165) is 30.0 Å². The van der Waals surface area contributed by atoms with Crippen LogP contribution in [0.5, 0.6) is 0 Å². The van der Waals surface area contributed by atoms with Crippen LogP contribution in [0.25, 0.3) is 5.57 Å². The molecular weight excluding hydrogens is 336 g/mol. The maximum absolute atomic E-state index is 13.5. The van der Waals surface area contributed by atoms with Gasteiger partial charge in [0.2, 0.25) is 0 Å². The van der Waals surface area contributed by atoms with E-state index >= 15 is 0 Å². The molecule has 0 saturated carbocycles. The molecule has 0 aliphatic carbocycles. The summed E-state index contributed by atoms with van der Waals surface area (Å²) in [5.74, 6) is -1.17. The maximum atomic E-state index is 13.5. The first-order chi connectivity index (χ1) is 12.6. The lowest BCUT2D eigenvalue weighted by molar-refractivity contribution is 0.0832. The number of carbonyl (C=O) groups excluding carboxylic acids is 1. The fraction of sp³-hybridized carbons (Fsp3) is 0.286. The smallest absolute Gasteiger partial charge is 0.410 e. The van der Waals surface area contributed by atoms with Crippen LogP contribution in [0.1, 0.15) is 30.4 Å². The van der Waals surface area contributed by atoms with Crippen molar-refractivity contribution >= 4 is 11.7 Å². The van der Waals surface area contributed by atoms with Gasteiger partial charge in [0, 0.05) is 12.1 Å². The minimum absolute atomic E-state index is 0.00889. The van der Waals surface area contributed by atoms with Gasteiger partial charge < -0.3 is 4.74 Å². The largest absolute Gasteiger partial charge is 0.445 e. The minimum Gasteiger partial charge on any atom is -0.445 e. The summed E-state index contributed by atoms with van der Waals surface area (Å²) in [5.41, 5.74) is 2.39. The summed E-state index contributed by atoms with van der Waals surface area (Å²) >= 11 is 0. The van der Waals surface area contributed by atoms with Gasteiger partial charge in [0.1, 0.15) is 18.2 Å². The molecule has 134 valence electrons. The molecule has 4 rings (SSSR count). The summed E-state index contributed by atoms with van der Waals surface area (Å²) < 4.78 is 32.5. The van der Waals surface area contributed by atoms with Crippen LogP contribution in [0.4, 0.5) is 13.6 Å². The quantitative estimate of drug-likeness (QED) is 0.782. The third-order valence-electron chi connectivity index (χ3n) is 5.04. The number of ether oxygens (including phenoxy) is 1. The molecule has 5 heteroatoms. The molecule has 0 spiro atoms. The van der Waals surface area contributed by atoms with Gasteiger partial charge in [-0.25, -0.2) is 13.6 Å². The first kappa shape index (κ1) is 16.8. The predicted octanol–water partition coefficient (Wildman–Crippen LogP) is 4.92. The zero-order valence-corrected chi connectivity index (χ0v) is 14.2. The highest BCUT2D eigenvalue weighted by molar-refractivity contribution is 5.75. The second-order valence-electron chi connectivity index (χ2n) is 6.80. The van der Waals surface area contributed by atoms with Crippen LogP contribution in [-0.4, -0.2) is 23.1 Å². The summed E-state index contributed by atoms with van der Waals surface area (Å²) in [7, 11) is 0. The third-order valence-corrected chi connectivity index (χ3v) is 5.04. The number of nitrogens with zero attached hydrogens (tertiary/aromatic N) is 1. The van der Waals surface area contributed by atoms with Crippen LogP contribution in [0.15, 0.2) is 54.6 Å². The second kappa shape index (κ2) is 6.90. The average molecular weight is 355 g/mol. The lowest BCUT2D eigenvalue weighted by atomic mass is 9.95. The Bertz CT molecular complexity index is 830. The molecule has 2 aliphatic rings. The molecule has 2 unspecified atom stereocenters. The van der Waals surface area contributed by atoms with Gasteiger partial charge in [-0.2, -0.15) is 0 Å². The van der Waals surface area contributed by atoms with Gasteiger partial charge >= 0.3 is 6.09 Å². The molecular formula is C21H19F2NO2. The van der Waals surface area contributed by atoms with E-state index in [1.165, 1.54) is 12.1 Å². The van der Waals surface area contributed by atoms with E-state index < -0.39 is 11.6 Å². The zero-order valence-electron chi connectivity index (χ0n) is 14.2. The fourth-order valence-corrected chi connectivity index (χ4v) is 3.86. The van der Waals surface area contributed by atoms with Crippen molar-refractivity contribution in [3.8, 4) is 0 Å². The first-order valence-corrected chi connectivity index (χ1v) is 8.76. The van der Waals surface area contributed by atoms with E-state index in [4.69, 9.17) is 4.74 Å². The van der Waals surface area contributed by atoms with E-state index in [0.29, 0.717) is 12.0 Å². The number of carbonyl (C=O) groups is 1. The monoisotopic (exact) mass is 355 g/mol. The SMILES string of the molecule is O=C(OCc1ccccc1)N1C2C=C(c3cc(F)cc(F)c3)CC1CC2. The molecule has 2 atom stereocenters. The van der Waals surface area contributed by atoms with Crippen molar-refractivity contribution in [2.45, 2.75) is 38.0 Å². The second-order valence-corrected chi connectivity index (χ2v) is 6.80. The van der Waals surface area contributed by atoms with Crippen LogP contribution in [0.2, 0.25) is 0 Å². The van der Waals surface area contributed by atoms with E-state index in [-0.39, 0.29) is 24.8 Å². The molecule has 2 aromatic rings. The van der Waals surface area contributed by atoms with E-state index in [9.17, 15) is 13.6 Å². The molecule has 0 N–H and O–H groups in total. The van der Waals surface area contributed by atoms with Crippen molar-refractivity contribution in [1.82, 2.24) is 4.90 Å². The van der Waals surface area contributed by atoms with Crippen molar-refractivity contribution in [2.24, 2.45) is 0 Å². The van der Waals surface area contributed by atoms with Gasteiger partial charge in [-0.1, -0.05) is 36.4 Å². The van der Waals surface area contributed by atoms with Gasteiger partial charge in [-0.05, 0) is 48.1 Å². The van der Waals surface area contributed by atoms with Crippen molar-refractivity contribution in [2.75, 3.05) is 0 Å². The lowest BCUT2D eigenvalue weighted by Gasteiger charge is -2.33. The van der Waals surface area contributed by atoms with Gasteiger partial charge in [-0.15, -0.1) is 0 Å². The standard InChI is InChI=1S/C21H19F2NO2/c22-17-8-15(9-18(23)12-17)16-10-19-6-7-20(11-16)24(19)21(25)26-13-14-4-2-1-3-5-14/h1-5,8-10,12,19-20H,6-7,11,13H2. The Hall–Kier alpha value is -2.69. The number of benzene rings is 2. The average Bonchev–Trinajstić information content (AvgIpc) is 2.89. The molecule has 0 radical (unpaired) electrons. The fourth-order valence-electron chi connectivity index (χ4n) is 3.86. The molecule has 1 amide bonds. The number of fused-ring (bicyclic) bond motifs is 2. The van der Waals surface area contributed by atoms with Crippen LogP contribution in [0.3, 0.4) is 0 Å². The minimum atomic E-state index is -0.585. The van der Waals surface area contributed by atoms with Crippen LogP contribution in [0, 0.1) is 11.6 Å². The topological polar surface area (TPSA) is 29.5 Å². The van der Waals surface area contributed by atoms with Gasteiger partial charge in [-0.3, -0.25) is 4.90 Å². The molecule has 3 nitrogen and oxygen atoms in total. The van der Waals surface area contributed by atoms with Crippen LogP contribution < -0.4 is 0 Å². The Labute approximate surface area is 150 Å². The normalized spacial score (nSPS) is 21.5. The van der Waals surface area contributed by atoms with Crippen molar-refractivity contribution in [3.05, 3.63) is 77.4 Å². The predicted molar refractivity (Wildman–Crippen MR) is 94.2 cm³/mol. The summed E-state index contributed by atoms with van der Waals surface area (Å²) in [5, 5.41) is 0. The highest BCUT2D eigenvalue weighted by Crippen LogP contribution is 2.39. The molecule has 0 aromatic heterocycles. The summed E-state index contributed by atoms with van der Waals surface area (Å²) in [6.45, 7) is 0.237. The molecule has 2 aromatic carbocycles. The first-order valence-electron chi connectivity index (χ1n) is 8.76. The Morgan fingerprint density at radius 3 is 2.50 bits per heavy atom. The zero-order chi connectivity index (χ0) is 18.1. The summed E-state index contributed by atoms with van der Waals surface area (Å²) in [6.07, 6.45) is 3.90. The molecule has 1 saturated heterocycles. The number of hydrogen-bond acceptors (Lipinski definition) is 2. The maximum Gasteiger partial charge on any atom is 0.410 e. The summed E-state index contributed by atoms with van der Waals surface area (Å²) in [4.78, 5) is 14.3. The molecule has 26 heavy (non-hydrogen) atoms. The Morgan fingerprint density at radius 1 is 1.08 bits per heavy atom. The van der Waals surface area contributed by atoms with Gasteiger partial charge in [0.05, 0.1) is 6.04 Å². The molecule has 2 aliphatic heterocycles. The highest BCUT2D eigenvalue weighted by atomic mass is 19.1. The Balaban J connectivity index is 1.48. The van der Waals surface area contributed by atoms with Crippen molar-refractivity contribution in [3.63, 3.8) is 0 Å². The van der Waals surface area contributed by atoms with Crippen molar-refractivity contribution in [1.29, 1.82) is 0 Å². The Kier molecular flexibility index (Phi) is 4.45. The molecule has 2 bridgehead atoms. The van der Waals surface area contributed by atoms with Crippen LogP contribution in [-0.2, 0) is 11.3 Å². The third kappa shape index (κ3) is 3.34. The Morgan fingerprint density at radius 2 is 1.81 bits per heavy atom. The van der Waals surface area contributed by atoms with E-state index in [1.807, 2.05) is 36.4 Å².